The highest BCUT2D eigenvalue weighted by molar-refractivity contribution is 6.03. The number of aromatic nitrogens is 2. The summed E-state index contributed by atoms with van der Waals surface area (Å²) in [6, 6.07) is 9.72. The highest BCUT2D eigenvalue weighted by Gasteiger charge is 2.63. The number of benzene rings is 1. The molecule has 40 heavy (non-hydrogen) atoms. The largest absolute Gasteiger partial charge is 0.497 e. The molecule has 2 bridgehead atoms. The molecule has 1 aromatic carbocycles. The zero-order chi connectivity index (χ0) is 28.0. The molecule has 1 saturated heterocycles. The number of hydrogen-bond acceptors (Lipinski definition) is 7. The number of nitrogens with one attached hydrogen (secondary N) is 1. The maximum atomic E-state index is 14.1. The lowest BCUT2D eigenvalue weighted by Gasteiger charge is -2.67. The first-order valence-electron chi connectivity index (χ1n) is 14.3. The molecule has 4 aliphatic rings. The Hall–Kier alpha value is -3.43. The first-order chi connectivity index (χ1) is 19.3. The lowest BCUT2D eigenvalue weighted by molar-refractivity contribution is -0.118. The molecule has 1 amide bonds. The van der Waals surface area contributed by atoms with Gasteiger partial charge in [0.25, 0.3) is 11.5 Å². The molecule has 1 N–H and O–H groups in total. The van der Waals surface area contributed by atoms with Gasteiger partial charge in [0.15, 0.2) is 0 Å². The van der Waals surface area contributed by atoms with E-state index < -0.39 is 0 Å². The van der Waals surface area contributed by atoms with Crippen LogP contribution in [0.2, 0.25) is 0 Å². The normalized spacial score (nSPS) is 23.9. The minimum atomic E-state index is -0.363. The number of amides is 1. The lowest BCUT2D eigenvalue weighted by Crippen LogP contribution is -2.74. The summed E-state index contributed by atoms with van der Waals surface area (Å²) in [6.07, 6.45) is 3.48. The third-order valence-corrected chi connectivity index (χ3v) is 8.99. The Morgan fingerprint density at radius 2 is 1.88 bits per heavy atom. The number of morpholine rings is 1. The number of ether oxygens (including phenoxy) is 3. The van der Waals surface area contributed by atoms with Crippen LogP contribution in [0.15, 0.2) is 41.3 Å². The SMILES string of the molecule is COc1ccc(-c2cnc3c(c2)c(OC(C)C)c(C(=O)NC24CC(C2)[C@@H]4C)c(=O)n3CCN2CCOCC2)cc1. The standard InChI is InChI=1S/C31H38N4O5/c1-19(2)40-27-25-15-22(21-5-7-24(38-4)8-6-21)18-32-28(25)35(10-9-34-11-13-39-14-12-34)30(37)26(27)29(36)33-31-16-23(17-31)20(31)3/h5-8,15,18-20,23H,9-14,16-17H2,1-4H3,(H,33,36)/t20-,23?,31?/m0/s1. The van der Waals surface area contributed by atoms with Crippen LogP contribution in [0.4, 0.5) is 0 Å². The molecule has 3 aromatic rings. The van der Waals surface area contributed by atoms with Gasteiger partial charge in [0.05, 0.1) is 31.8 Å². The van der Waals surface area contributed by atoms with Crippen LogP contribution in [-0.4, -0.2) is 72.0 Å². The van der Waals surface area contributed by atoms with Crippen LogP contribution in [0.1, 0.15) is 44.0 Å². The topological polar surface area (TPSA) is 94.9 Å². The monoisotopic (exact) mass is 546 g/mol. The molecule has 0 unspecified atom stereocenters. The summed E-state index contributed by atoms with van der Waals surface area (Å²) in [7, 11) is 1.64. The summed E-state index contributed by atoms with van der Waals surface area (Å²) in [4.78, 5) is 35.1. The van der Waals surface area contributed by atoms with Gasteiger partial charge < -0.3 is 19.5 Å². The summed E-state index contributed by atoms with van der Waals surface area (Å²) in [5, 5.41) is 3.89. The second-order valence-corrected chi connectivity index (χ2v) is 11.7. The predicted molar refractivity (Wildman–Crippen MR) is 153 cm³/mol. The van der Waals surface area contributed by atoms with Crippen molar-refractivity contribution in [2.45, 2.75) is 51.8 Å². The van der Waals surface area contributed by atoms with Crippen LogP contribution in [0.25, 0.3) is 22.2 Å². The molecule has 212 valence electrons. The van der Waals surface area contributed by atoms with Crippen molar-refractivity contribution in [3.8, 4) is 22.6 Å². The lowest BCUT2D eigenvalue weighted by atomic mass is 9.43. The molecule has 0 radical (unpaired) electrons. The van der Waals surface area contributed by atoms with Crippen molar-refractivity contribution in [1.82, 2.24) is 19.8 Å². The van der Waals surface area contributed by atoms with Crippen molar-refractivity contribution in [3.63, 3.8) is 0 Å². The third kappa shape index (κ3) is 4.65. The van der Waals surface area contributed by atoms with Gasteiger partial charge in [-0.25, -0.2) is 4.98 Å². The Bertz CT molecular complexity index is 1470. The van der Waals surface area contributed by atoms with E-state index in [9.17, 15) is 9.59 Å². The number of hydrogen-bond donors (Lipinski definition) is 1. The average molecular weight is 547 g/mol. The number of carbonyl (C=O) groups is 1. The van der Waals surface area contributed by atoms with Gasteiger partial charge in [0.2, 0.25) is 0 Å². The summed E-state index contributed by atoms with van der Waals surface area (Å²) >= 11 is 0. The van der Waals surface area contributed by atoms with Crippen LogP contribution >= 0.6 is 0 Å². The highest BCUT2D eigenvalue weighted by Crippen LogP contribution is 2.61. The number of pyridine rings is 2. The number of rotatable bonds is 9. The van der Waals surface area contributed by atoms with Gasteiger partial charge in [-0.05, 0) is 62.3 Å². The molecule has 0 spiro atoms. The van der Waals surface area contributed by atoms with Crippen molar-refractivity contribution in [3.05, 3.63) is 52.4 Å². The Morgan fingerprint density at radius 3 is 2.48 bits per heavy atom. The minimum absolute atomic E-state index is 0.0637. The van der Waals surface area contributed by atoms with Crippen molar-refractivity contribution < 1.29 is 19.0 Å². The Kier molecular flexibility index (Phi) is 7.04. The molecule has 3 aliphatic carbocycles. The molecule has 7 rings (SSSR count). The smallest absolute Gasteiger partial charge is 0.268 e. The molecule has 9 nitrogen and oxygen atoms in total. The molecule has 1 aliphatic heterocycles. The highest BCUT2D eigenvalue weighted by atomic mass is 16.5. The Morgan fingerprint density at radius 1 is 1.15 bits per heavy atom. The minimum Gasteiger partial charge on any atom is -0.497 e. The summed E-state index contributed by atoms with van der Waals surface area (Å²) in [5.41, 5.74) is 1.82. The second-order valence-electron chi connectivity index (χ2n) is 11.7. The van der Waals surface area contributed by atoms with Crippen LogP contribution in [0.5, 0.6) is 11.5 Å². The van der Waals surface area contributed by atoms with Crippen molar-refractivity contribution in [2.24, 2.45) is 11.8 Å². The Balaban J connectivity index is 1.48. The van der Waals surface area contributed by atoms with Crippen molar-refractivity contribution >= 4 is 16.9 Å². The van der Waals surface area contributed by atoms with E-state index in [4.69, 9.17) is 19.2 Å². The third-order valence-electron chi connectivity index (χ3n) is 8.99. The average Bonchev–Trinajstić information content (AvgIpc) is 2.95. The fourth-order valence-corrected chi connectivity index (χ4v) is 6.31. The quantitative estimate of drug-likeness (QED) is 0.437. The number of methoxy groups -OCH3 is 1. The maximum absolute atomic E-state index is 14.1. The molecule has 3 heterocycles. The van der Waals surface area contributed by atoms with E-state index in [-0.39, 0.29) is 28.7 Å². The summed E-state index contributed by atoms with van der Waals surface area (Å²) in [5.74, 6) is 1.81. The second kappa shape index (κ2) is 10.5. The molecule has 4 fully saturated rings. The maximum Gasteiger partial charge on any atom is 0.268 e. The summed E-state index contributed by atoms with van der Waals surface area (Å²) in [6.45, 7) is 10.0. The first kappa shape index (κ1) is 26.8. The van der Waals surface area contributed by atoms with Crippen molar-refractivity contribution in [2.75, 3.05) is 40.0 Å². The molecule has 1 atom stereocenters. The van der Waals surface area contributed by atoms with Crippen LogP contribution in [0, 0.1) is 11.8 Å². The van der Waals surface area contributed by atoms with E-state index in [0.717, 1.165) is 42.8 Å². The molecule has 2 aromatic heterocycles. The molecule has 9 heteroatoms. The number of carbonyl (C=O) groups excluding carboxylic acids is 1. The summed E-state index contributed by atoms with van der Waals surface area (Å²) < 4.78 is 18.7. The number of nitrogens with zero attached hydrogens (tertiary/aromatic N) is 3. The van der Waals surface area contributed by atoms with E-state index in [2.05, 4.69) is 17.1 Å². The van der Waals surface area contributed by atoms with Gasteiger partial charge in [0, 0.05) is 43.5 Å². The van der Waals surface area contributed by atoms with Gasteiger partial charge in [-0.3, -0.25) is 19.1 Å². The zero-order valence-electron chi connectivity index (χ0n) is 23.7. The van der Waals surface area contributed by atoms with Gasteiger partial charge in [-0.15, -0.1) is 0 Å². The molecule has 3 saturated carbocycles. The molecular weight excluding hydrogens is 508 g/mol. The van der Waals surface area contributed by atoms with Crippen molar-refractivity contribution in [1.29, 1.82) is 0 Å². The first-order valence-corrected chi connectivity index (χ1v) is 14.3. The van der Waals surface area contributed by atoms with Crippen LogP contribution < -0.4 is 20.3 Å². The predicted octanol–water partition coefficient (Wildman–Crippen LogP) is 3.72. The van der Waals surface area contributed by atoms with Crippen LogP contribution in [-0.2, 0) is 11.3 Å². The van der Waals surface area contributed by atoms with Gasteiger partial charge in [0.1, 0.15) is 22.7 Å². The van der Waals surface area contributed by atoms with Gasteiger partial charge >= 0.3 is 0 Å². The molecular formula is C31H38N4O5. The van der Waals surface area contributed by atoms with E-state index >= 15 is 0 Å². The zero-order valence-corrected chi connectivity index (χ0v) is 23.7. The fourth-order valence-electron chi connectivity index (χ4n) is 6.31. The van der Waals surface area contributed by atoms with Gasteiger partial charge in [-0.2, -0.15) is 0 Å². The van der Waals surface area contributed by atoms with Crippen LogP contribution in [0.3, 0.4) is 0 Å². The number of fused-ring (bicyclic) bond motifs is 1. The van der Waals surface area contributed by atoms with Gasteiger partial charge in [-0.1, -0.05) is 19.1 Å². The Labute approximate surface area is 234 Å². The van der Waals surface area contributed by atoms with E-state index in [1.807, 2.05) is 44.2 Å². The van der Waals surface area contributed by atoms with E-state index in [1.54, 1.807) is 17.9 Å². The fraction of sp³-hybridized carbons (Fsp3) is 0.516. The van der Waals surface area contributed by atoms with E-state index in [0.29, 0.717) is 54.9 Å². The van der Waals surface area contributed by atoms with E-state index in [1.165, 1.54) is 0 Å².